The van der Waals surface area contributed by atoms with Crippen LogP contribution >= 0.6 is 0 Å². The van der Waals surface area contributed by atoms with Gasteiger partial charge in [0.1, 0.15) is 5.69 Å². The van der Waals surface area contributed by atoms with Gasteiger partial charge in [0.05, 0.1) is 24.9 Å². The fourth-order valence-corrected chi connectivity index (χ4v) is 2.50. The molecule has 1 aliphatic heterocycles. The number of nitrogen functional groups attached to an aromatic ring is 1. The SMILES string of the molecule is C[C@@H]1COCCN1C(=O)c1cc(N)cn1C1CC1. The molecule has 2 aliphatic rings. The van der Waals surface area contributed by atoms with Gasteiger partial charge >= 0.3 is 0 Å². The number of carbonyl (C=O) groups is 1. The molecule has 1 aromatic rings. The van der Waals surface area contributed by atoms with E-state index in [1.54, 1.807) is 6.07 Å². The molecule has 0 spiro atoms. The Kier molecular flexibility index (Phi) is 2.78. The standard InChI is InChI=1S/C13H19N3O2/c1-9-8-18-5-4-15(9)13(17)12-6-10(14)7-16(12)11-2-3-11/h6-7,9,11H,2-5,8,14H2,1H3/t9-/m1/s1. The van der Waals surface area contributed by atoms with Gasteiger partial charge in [0, 0.05) is 18.8 Å². The molecule has 0 radical (unpaired) electrons. The van der Waals surface area contributed by atoms with Crippen LogP contribution in [0.5, 0.6) is 0 Å². The maximum atomic E-state index is 12.6. The number of anilines is 1. The fourth-order valence-electron chi connectivity index (χ4n) is 2.50. The summed E-state index contributed by atoms with van der Waals surface area (Å²) in [5.74, 6) is 0.0781. The molecule has 5 nitrogen and oxygen atoms in total. The first-order valence-corrected chi connectivity index (χ1v) is 6.53. The number of morpholine rings is 1. The summed E-state index contributed by atoms with van der Waals surface area (Å²) in [6.45, 7) is 3.92. The molecule has 2 fully saturated rings. The molecular weight excluding hydrogens is 230 g/mol. The number of nitrogens with two attached hydrogens (primary N) is 1. The number of amides is 1. The average molecular weight is 249 g/mol. The van der Waals surface area contributed by atoms with E-state index in [1.165, 1.54) is 0 Å². The number of aromatic nitrogens is 1. The minimum absolute atomic E-state index is 0.0781. The highest BCUT2D eigenvalue weighted by atomic mass is 16.5. The third kappa shape index (κ3) is 1.99. The predicted octanol–water partition coefficient (Wildman–Crippen LogP) is 1.27. The first-order valence-electron chi connectivity index (χ1n) is 6.53. The molecule has 1 aromatic heterocycles. The van der Waals surface area contributed by atoms with Crippen LogP contribution in [0.4, 0.5) is 5.69 Å². The summed E-state index contributed by atoms with van der Waals surface area (Å²) in [6, 6.07) is 2.40. The van der Waals surface area contributed by atoms with Gasteiger partial charge in [-0.05, 0) is 25.8 Å². The van der Waals surface area contributed by atoms with Crippen molar-refractivity contribution in [3.8, 4) is 0 Å². The van der Waals surface area contributed by atoms with Gasteiger partial charge in [0.2, 0.25) is 0 Å². The van der Waals surface area contributed by atoms with Crippen molar-refractivity contribution in [1.29, 1.82) is 0 Å². The van der Waals surface area contributed by atoms with E-state index in [9.17, 15) is 4.79 Å². The molecule has 0 unspecified atom stereocenters. The molecule has 1 saturated heterocycles. The first kappa shape index (κ1) is 11.6. The zero-order valence-corrected chi connectivity index (χ0v) is 10.6. The third-order valence-electron chi connectivity index (χ3n) is 3.66. The zero-order chi connectivity index (χ0) is 12.7. The minimum atomic E-state index is 0.0781. The Balaban J connectivity index is 1.86. The summed E-state index contributed by atoms with van der Waals surface area (Å²) < 4.78 is 7.41. The van der Waals surface area contributed by atoms with Crippen molar-refractivity contribution >= 4 is 11.6 Å². The van der Waals surface area contributed by atoms with Crippen LogP contribution in [0.3, 0.4) is 0 Å². The Hall–Kier alpha value is -1.49. The molecule has 18 heavy (non-hydrogen) atoms. The summed E-state index contributed by atoms with van der Waals surface area (Å²) in [5.41, 5.74) is 7.23. The second-order valence-corrected chi connectivity index (χ2v) is 5.22. The maximum Gasteiger partial charge on any atom is 0.270 e. The van der Waals surface area contributed by atoms with Crippen molar-refractivity contribution in [2.75, 3.05) is 25.5 Å². The molecule has 2 N–H and O–H groups in total. The van der Waals surface area contributed by atoms with Gasteiger partial charge < -0.3 is 19.9 Å². The van der Waals surface area contributed by atoms with Crippen LogP contribution in [0.1, 0.15) is 36.3 Å². The van der Waals surface area contributed by atoms with Crippen molar-refractivity contribution in [2.45, 2.75) is 31.8 Å². The minimum Gasteiger partial charge on any atom is -0.397 e. The van der Waals surface area contributed by atoms with Gasteiger partial charge in [-0.25, -0.2) is 0 Å². The summed E-state index contributed by atoms with van der Waals surface area (Å²) in [7, 11) is 0. The van der Waals surface area contributed by atoms with E-state index in [0.29, 0.717) is 31.5 Å². The highest BCUT2D eigenvalue weighted by molar-refractivity contribution is 5.94. The smallest absolute Gasteiger partial charge is 0.270 e. The lowest BCUT2D eigenvalue weighted by Crippen LogP contribution is -2.47. The molecule has 0 bridgehead atoms. The monoisotopic (exact) mass is 249 g/mol. The number of carbonyl (C=O) groups excluding carboxylic acids is 1. The molecule has 2 heterocycles. The van der Waals surface area contributed by atoms with E-state index < -0.39 is 0 Å². The molecule has 1 amide bonds. The second kappa shape index (κ2) is 4.31. The van der Waals surface area contributed by atoms with Gasteiger partial charge in [0.15, 0.2) is 0 Å². The lowest BCUT2D eigenvalue weighted by molar-refractivity contribution is 0.00301. The zero-order valence-electron chi connectivity index (χ0n) is 10.6. The van der Waals surface area contributed by atoms with Crippen molar-refractivity contribution in [1.82, 2.24) is 9.47 Å². The van der Waals surface area contributed by atoms with Crippen molar-refractivity contribution in [3.63, 3.8) is 0 Å². The van der Waals surface area contributed by atoms with Gasteiger partial charge in [-0.3, -0.25) is 4.79 Å². The van der Waals surface area contributed by atoms with Crippen LogP contribution in [-0.4, -0.2) is 41.2 Å². The van der Waals surface area contributed by atoms with Gasteiger partial charge in [-0.2, -0.15) is 0 Å². The van der Waals surface area contributed by atoms with E-state index in [1.807, 2.05) is 22.6 Å². The topological polar surface area (TPSA) is 60.5 Å². The van der Waals surface area contributed by atoms with Crippen molar-refractivity contribution in [3.05, 3.63) is 18.0 Å². The summed E-state index contributed by atoms with van der Waals surface area (Å²) in [6.07, 6.45) is 4.18. The number of rotatable bonds is 2. The van der Waals surface area contributed by atoms with Crippen LogP contribution in [0.2, 0.25) is 0 Å². The van der Waals surface area contributed by atoms with Crippen molar-refractivity contribution in [2.24, 2.45) is 0 Å². The Morgan fingerprint density at radius 2 is 2.28 bits per heavy atom. The van der Waals surface area contributed by atoms with Crippen LogP contribution < -0.4 is 5.73 Å². The molecular formula is C13H19N3O2. The first-order chi connectivity index (χ1) is 8.66. The van der Waals surface area contributed by atoms with E-state index in [2.05, 4.69) is 0 Å². The van der Waals surface area contributed by atoms with Crippen molar-refractivity contribution < 1.29 is 9.53 Å². The van der Waals surface area contributed by atoms with E-state index in [-0.39, 0.29) is 11.9 Å². The molecule has 1 atom stereocenters. The molecule has 5 heteroatoms. The second-order valence-electron chi connectivity index (χ2n) is 5.22. The number of ether oxygens (including phenoxy) is 1. The number of hydrogen-bond acceptors (Lipinski definition) is 3. The van der Waals surface area contributed by atoms with Crippen LogP contribution in [0, 0.1) is 0 Å². The molecule has 1 aliphatic carbocycles. The highest BCUT2D eigenvalue weighted by Crippen LogP contribution is 2.37. The number of hydrogen-bond donors (Lipinski definition) is 1. The average Bonchev–Trinajstić information content (AvgIpc) is 3.12. The predicted molar refractivity (Wildman–Crippen MR) is 68.4 cm³/mol. The van der Waals surface area contributed by atoms with Crippen LogP contribution in [0.25, 0.3) is 0 Å². The quantitative estimate of drug-likeness (QED) is 0.858. The largest absolute Gasteiger partial charge is 0.397 e. The van der Waals surface area contributed by atoms with Gasteiger partial charge in [-0.15, -0.1) is 0 Å². The maximum absolute atomic E-state index is 12.6. The molecule has 1 saturated carbocycles. The Bertz CT molecular complexity index is 465. The van der Waals surface area contributed by atoms with E-state index in [4.69, 9.17) is 10.5 Å². The lowest BCUT2D eigenvalue weighted by Gasteiger charge is -2.33. The molecule has 0 aromatic carbocycles. The van der Waals surface area contributed by atoms with Gasteiger partial charge in [0.25, 0.3) is 5.91 Å². The number of nitrogens with zero attached hydrogens (tertiary/aromatic N) is 2. The molecule has 3 rings (SSSR count). The Morgan fingerprint density at radius 1 is 1.50 bits per heavy atom. The summed E-state index contributed by atoms with van der Waals surface area (Å²) >= 11 is 0. The van der Waals surface area contributed by atoms with Crippen LogP contribution in [0.15, 0.2) is 12.3 Å². The lowest BCUT2D eigenvalue weighted by atomic mass is 10.2. The van der Waals surface area contributed by atoms with E-state index >= 15 is 0 Å². The summed E-state index contributed by atoms with van der Waals surface area (Å²) in [5, 5.41) is 0. The summed E-state index contributed by atoms with van der Waals surface area (Å²) in [4.78, 5) is 14.5. The Morgan fingerprint density at radius 3 is 2.94 bits per heavy atom. The van der Waals surface area contributed by atoms with Gasteiger partial charge in [-0.1, -0.05) is 0 Å². The molecule has 98 valence electrons. The third-order valence-corrected chi connectivity index (χ3v) is 3.66. The highest BCUT2D eigenvalue weighted by Gasteiger charge is 2.31. The Labute approximate surface area is 106 Å². The normalized spacial score (nSPS) is 24.3. The fraction of sp³-hybridized carbons (Fsp3) is 0.615. The van der Waals surface area contributed by atoms with E-state index in [0.717, 1.165) is 18.5 Å². The van der Waals surface area contributed by atoms with Crippen LogP contribution in [-0.2, 0) is 4.74 Å².